The first kappa shape index (κ1) is 19.0. The lowest BCUT2D eigenvalue weighted by Crippen LogP contribution is -2.12. The molecule has 1 N–H and O–H groups in total. The Morgan fingerprint density at radius 3 is 1.82 bits per heavy atom. The van der Waals surface area contributed by atoms with Gasteiger partial charge >= 0.3 is 0 Å². The molecule has 3 aromatic rings. The van der Waals surface area contributed by atoms with Gasteiger partial charge in [0.05, 0.1) is 20.4 Å². The fourth-order valence-electron chi connectivity index (χ4n) is 2.52. The highest BCUT2D eigenvalue weighted by Crippen LogP contribution is 2.26. The van der Waals surface area contributed by atoms with E-state index in [1.165, 1.54) is 24.3 Å². The molecule has 9 heteroatoms. The van der Waals surface area contributed by atoms with Crippen molar-refractivity contribution in [2.75, 3.05) is 5.32 Å². The molecule has 0 saturated heterocycles. The largest absolute Gasteiger partial charge is 0.322 e. The summed E-state index contributed by atoms with van der Waals surface area (Å²) in [5.74, 6) is -0.572. The zero-order chi connectivity index (χ0) is 20.3. The predicted octanol–water partition coefficient (Wildman–Crippen LogP) is 5.08. The molecule has 0 radical (unpaired) electrons. The van der Waals surface area contributed by atoms with Crippen molar-refractivity contribution in [3.63, 3.8) is 0 Å². The van der Waals surface area contributed by atoms with Crippen molar-refractivity contribution in [1.29, 1.82) is 0 Å². The molecule has 0 aliphatic heterocycles. The van der Waals surface area contributed by atoms with E-state index in [1.54, 1.807) is 36.4 Å². The molecule has 0 spiro atoms. The number of nitro benzene ring substituents is 2. The van der Waals surface area contributed by atoms with Crippen molar-refractivity contribution in [2.45, 2.75) is 0 Å². The van der Waals surface area contributed by atoms with E-state index >= 15 is 0 Å². The van der Waals surface area contributed by atoms with E-state index in [1.807, 2.05) is 0 Å². The van der Waals surface area contributed by atoms with E-state index in [4.69, 9.17) is 11.6 Å². The van der Waals surface area contributed by atoms with Crippen molar-refractivity contribution in [3.8, 4) is 11.1 Å². The Labute approximate surface area is 163 Å². The van der Waals surface area contributed by atoms with Crippen LogP contribution in [0.5, 0.6) is 0 Å². The number of carbonyl (C=O) groups excluding carboxylic acids is 1. The van der Waals surface area contributed by atoms with E-state index in [0.29, 0.717) is 5.69 Å². The minimum absolute atomic E-state index is 0.00136. The summed E-state index contributed by atoms with van der Waals surface area (Å²) in [6.45, 7) is 0. The second-order valence-electron chi connectivity index (χ2n) is 5.76. The Balaban J connectivity index is 1.77. The maximum absolute atomic E-state index is 12.4. The molecule has 1 amide bonds. The summed E-state index contributed by atoms with van der Waals surface area (Å²) < 4.78 is 0. The summed E-state index contributed by atoms with van der Waals surface area (Å²) in [7, 11) is 0. The van der Waals surface area contributed by atoms with Gasteiger partial charge in [-0.25, -0.2) is 0 Å². The van der Waals surface area contributed by atoms with Crippen molar-refractivity contribution in [2.24, 2.45) is 0 Å². The minimum atomic E-state index is -0.605. The fraction of sp³-hybridized carbons (Fsp3) is 0. The molecule has 3 rings (SSSR count). The number of nitro groups is 2. The van der Waals surface area contributed by atoms with Crippen LogP contribution in [0.3, 0.4) is 0 Å². The normalized spacial score (nSPS) is 10.3. The van der Waals surface area contributed by atoms with Gasteiger partial charge in [0, 0.05) is 30.0 Å². The molecule has 8 nitrogen and oxygen atoms in total. The molecule has 0 atom stereocenters. The molecule has 0 aromatic heterocycles. The van der Waals surface area contributed by atoms with Crippen LogP contribution in [0.4, 0.5) is 17.1 Å². The zero-order valence-corrected chi connectivity index (χ0v) is 14.9. The van der Waals surface area contributed by atoms with Crippen molar-refractivity contribution in [1.82, 2.24) is 0 Å². The highest BCUT2D eigenvalue weighted by molar-refractivity contribution is 6.34. The zero-order valence-electron chi connectivity index (χ0n) is 14.2. The van der Waals surface area contributed by atoms with Crippen LogP contribution < -0.4 is 5.32 Å². The Morgan fingerprint density at radius 1 is 0.786 bits per heavy atom. The van der Waals surface area contributed by atoms with E-state index in [2.05, 4.69) is 5.32 Å². The molecule has 0 unspecified atom stereocenters. The molecule has 28 heavy (non-hydrogen) atoms. The minimum Gasteiger partial charge on any atom is -0.322 e. The van der Waals surface area contributed by atoms with Crippen molar-refractivity contribution < 1.29 is 14.6 Å². The van der Waals surface area contributed by atoms with Crippen LogP contribution in [0.1, 0.15) is 10.4 Å². The first-order chi connectivity index (χ1) is 13.3. The van der Waals surface area contributed by atoms with Gasteiger partial charge in [0.2, 0.25) is 0 Å². The van der Waals surface area contributed by atoms with Gasteiger partial charge in [-0.1, -0.05) is 23.7 Å². The van der Waals surface area contributed by atoms with Crippen LogP contribution >= 0.6 is 11.6 Å². The molecule has 0 bridgehead atoms. The lowest BCUT2D eigenvalue weighted by molar-refractivity contribution is -0.385. The first-order valence-electron chi connectivity index (χ1n) is 7.95. The van der Waals surface area contributed by atoms with Crippen molar-refractivity contribution >= 4 is 34.6 Å². The van der Waals surface area contributed by atoms with Gasteiger partial charge in [-0.3, -0.25) is 25.0 Å². The van der Waals surface area contributed by atoms with Crippen LogP contribution in [0.25, 0.3) is 11.1 Å². The smallest absolute Gasteiger partial charge is 0.270 e. The number of halogens is 1. The molecule has 0 aliphatic rings. The molecule has 0 fully saturated rings. The Bertz CT molecular complexity index is 1070. The molecule has 0 heterocycles. The lowest BCUT2D eigenvalue weighted by Gasteiger charge is -2.08. The van der Waals surface area contributed by atoms with E-state index in [0.717, 1.165) is 17.2 Å². The standard InChI is InChI=1S/C19H12ClN3O5/c20-18-10-9-16(23(27)28)11-17(18)19(24)21-14-5-1-12(2-6-14)13-3-7-15(8-4-13)22(25)26/h1-11H,(H,21,24). The van der Waals surface area contributed by atoms with Gasteiger partial charge in [0.15, 0.2) is 0 Å². The maximum atomic E-state index is 12.4. The highest BCUT2D eigenvalue weighted by atomic mass is 35.5. The predicted molar refractivity (Wildman–Crippen MR) is 105 cm³/mol. The molecule has 140 valence electrons. The van der Waals surface area contributed by atoms with Gasteiger partial charge < -0.3 is 5.32 Å². The second kappa shape index (κ2) is 7.85. The Kier molecular flexibility index (Phi) is 5.32. The van der Waals surface area contributed by atoms with Gasteiger partial charge in [0.25, 0.3) is 17.3 Å². The molecule has 0 saturated carbocycles. The highest BCUT2D eigenvalue weighted by Gasteiger charge is 2.16. The number of benzene rings is 3. The third-order valence-corrected chi connectivity index (χ3v) is 4.29. The van der Waals surface area contributed by atoms with Gasteiger partial charge in [-0.05, 0) is 41.5 Å². The number of hydrogen-bond donors (Lipinski definition) is 1. The average molecular weight is 398 g/mol. The quantitative estimate of drug-likeness (QED) is 0.476. The number of carbonyl (C=O) groups is 1. The third-order valence-electron chi connectivity index (χ3n) is 3.96. The second-order valence-corrected chi connectivity index (χ2v) is 6.16. The number of non-ortho nitro benzene ring substituents is 2. The van der Waals surface area contributed by atoms with Crippen LogP contribution in [-0.4, -0.2) is 15.8 Å². The lowest BCUT2D eigenvalue weighted by atomic mass is 10.0. The molecular weight excluding hydrogens is 386 g/mol. The fourth-order valence-corrected chi connectivity index (χ4v) is 2.72. The average Bonchev–Trinajstić information content (AvgIpc) is 2.68. The van der Waals surface area contributed by atoms with Crippen LogP contribution in [0, 0.1) is 20.2 Å². The number of amides is 1. The Hall–Kier alpha value is -3.78. The topological polar surface area (TPSA) is 115 Å². The van der Waals surface area contributed by atoms with Crippen molar-refractivity contribution in [3.05, 3.63) is 97.5 Å². The Morgan fingerprint density at radius 2 is 1.29 bits per heavy atom. The first-order valence-corrected chi connectivity index (χ1v) is 8.33. The summed E-state index contributed by atoms with van der Waals surface area (Å²) >= 11 is 5.97. The van der Waals surface area contributed by atoms with Crippen LogP contribution in [0.15, 0.2) is 66.7 Å². The van der Waals surface area contributed by atoms with E-state index in [-0.39, 0.29) is 22.0 Å². The molecule has 0 aliphatic carbocycles. The van der Waals surface area contributed by atoms with Gasteiger partial charge in [0.1, 0.15) is 0 Å². The van der Waals surface area contributed by atoms with E-state index in [9.17, 15) is 25.0 Å². The maximum Gasteiger partial charge on any atom is 0.270 e. The third kappa shape index (κ3) is 4.13. The molecular formula is C19H12ClN3O5. The van der Waals surface area contributed by atoms with Crippen LogP contribution in [-0.2, 0) is 0 Å². The monoisotopic (exact) mass is 397 g/mol. The summed E-state index contributed by atoms with van der Waals surface area (Å²) in [5.41, 5.74) is 1.82. The number of anilines is 1. The number of rotatable bonds is 5. The SMILES string of the molecule is O=C(Nc1ccc(-c2ccc([N+](=O)[O-])cc2)cc1)c1cc([N+](=O)[O-])ccc1Cl. The number of nitrogens with one attached hydrogen (secondary N) is 1. The molecule has 3 aromatic carbocycles. The van der Waals surface area contributed by atoms with Gasteiger partial charge in [-0.15, -0.1) is 0 Å². The summed E-state index contributed by atoms with van der Waals surface area (Å²) in [6.07, 6.45) is 0. The summed E-state index contributed by atoms with van der Waals surface area (Å²) in [4.78, 5) is 32.9. The number of hydrogen-bond acceptors (Lipinski definition) is 5. The van der Waals surface area contributed by atoms with Gasteiger partial charge in [-0.2, -0.15) is 0 Å². The summed E-state index contributed by atoms with van der Waals surface area (Å²) in [6, 6.07) is 16.5. The number of nitrogens with zero attached hydrogens (tertiary/aromatic N) is 2. The summed E-state index contributed by atoms with van der Waals surface area (Å²) in [5, 5.41) is 24.3. The van der Waals surface area contributed by atoms with E-state index < -0.39 is 15.8 Å². The van der Waals surface area contributed by atoms with Crippen LogP contribution in [0.2, 0.25) is 5.02 Å².